The topological polar surface area (TPSA) is 46.2 Å². The molecule has 1 unspecified atom stereocenters. The Bertz CT molecular complexity index is 263. The van der Waals surface area contributed by atoms with Gasteiger partial charge in [-0.25, -0.2) is 8.42 Å². The first kappa shape index (κ1) is 16.9. The largest absolute Gasteiger partial charge is 0.315 e. The predicted octanol–water partition coefficient (Wildman–Crippen LogP) is 2.62. The van der Waals surface area contributed by atoms with Crippen LogP contribution in [0, 0.1) is 5.92 Å². The lowest BCUT2D eigenvalue weighted by molar-refractivity contribution is 0.424. The van der Waals surface area contributed by atoms with Crippen LogP contribution in [0.2, 0.25) is 0 Å². The summed E-state index contributed by atoms with van der Waals surface area (Å²) in [4.78, 5) is 0. The van der Waals surface area contributed by atoms with Crippen LogP contribution in [-0.2, 0) is 9.84 Å². The second kappa shape index (κ2) is 9.89. The molecular weight excluding hydrogens is 234 g/mol. The fourth-order valence-electron chi connectivity index (χ4n) is 1.89. The second-order valence-corrected chi connectivity index (χ2v) is 7.08. The van der Waals surface area contributed by atoms with Crippen LogP contribution < -0.4 is 5.32 Å². The molecule has 0 saturated carbocycles. The van der Waals surface area contributed by atoms with E-state index in [1.54, 1.807) is 0 Å². The van der Waals surface area contributed by atoms with Crippen molar-refractivity contribution in [3.8, 4) is 0 Å². The summed E-state index contributed by atoms with van der Waals surface area (Å²) in [6.45, 7) is 7.87. The smallest absolute Gasteiger partial charge is 0.151 e. The summed E-state index contributed by atoms with van der Waals surface area (Å²) in [5.41, 5.74) is 0. The summed E-state index contributed by atoms with van der Waals surface area (Å²) in [6.07, 6.45) is 5.66. The standard InChI is InChI=1S/C13H29NO2S/c1-4-7-8-13(6-3)12-14-9-11-17(15,16)10-5-2/h13-14H,4-12H2,1-3H3. The lowest BCUT2D eigenvalue weighted by Gasteiger charge is -2.15. The van der Waals surface area contributed by atoms with Gasteiger partial charge in [0.2, 0.25) is 0 Å². The van der Waals surface area contributed by atoms with Gasteiger partial charge in [-0.1, -0.05) is 40.0 Å². The van der Waals surface area contributed by atoms with Gasteiger partial charge in [0.15, 0.2) is 9.84 Å². The average molecular weight is 263 g/mol. The molecule has 0 spiro atoms. The maximum Gasteiger partial charge on any atom is 0.151 e. The SMILES string of the molecule is CCCCC(CC)CNCCS(=O)(=O)CCC. The number of unbranched alkanes of at least 4 members (excludes halogenated alkanes) is 1. The van der Waals surface area contributed by atoms with Crippen molar-refractivity contribution in [2.24, 2.45) is 5.92 Å². The third-order valence-electron chi connectivity index (χ3n) is 3.08. The Morgan fingerprint density at radius 2 is 1.76 bits per heavy atom. The van der Waals surface area contributed by atoms with Crippen LogP contribution in [0.4, 0.5) is 0 Å². The molecule has 0 bridgehead atoms. The van der Waals surface area contributed by atoms with Gasteiger partial charge in [0.1, 0.15) is 0 Å². The molecule has 0 fully saturated rings. The van der Waals surface area contributed by atoms with Gasteiger partial charge in [0, 0.05) is 12.3 Å². The van der Waals surface area contributed by atoms with Crippen molar-refractivity contribution < 1.29 is 8.42 Å². The van der Waals surface area contributed by atoms with Crippen molar-refractivity contribution in [3.05, 3.63) is 0 Å². The van der Waals surface area contributed by atoms with Crippen molar-refractivity contribution in [2.75, 3.05) is 24.6 Å². The molecule has 17 heavy (non-hydrogen) atoms. The minimum atomic E-state index is -2.82. The monoisotopic (exact) mass is 263 g/mol. The molecule has 0 aliphatic carbocycles. The number of sulfone groups is 1. The van der Waals surface area contributed by atoms with Gasteiger partial charge in [-0.15, -0.1) is 0 Å². The van der Waals surface area contributed by atoms with Crippen LogP contribution in [0.15, 0.2) is 0 Å². The van der Waals surface area contributed by atoms with E-state index in [2.05, 4.69) is 19.2 Å². The first-order chi connectivity index (χ1) is 8.05. The summed E-state index contributed by atoms with van der Waals surface area (Å²) in [7, 11) is -2.82. The van der Waals surface area contributed by atoms with E-state index < -0.39 is 9.84 Å². The van der Waals surface area contributed by atoms with Gasteiger partial charge in [-0.3, -0.25) is 0 Å². The number of nitrogens with one attached hydrogen (secondary N) is 1. The first-order valence-electron chi connectivity index (χ1n) is 6.96. The van der Waals surface area contributed by atoms with Crippen molar-refractivity contribution >= 4 is 9.84 Å². The lowest BCUT2D eigenvalue weighted by atomic mass is 9.99. The summed E-state index contributed by atoms with van der Waals surface area (Å²) >= 11 is 0. The van der Waals surface area contributed by atoms with Gasteiger partial charge in [0.05, 0.1) is 5.75 Å². The van der Waals surface area contributed by atoms with E-state index in [-0.39, 0.29) is 5.75 Å². The van der Waals surface area contributed by atoms with E-state index in [9.17, 15) is 8.42 Å². The van der Waals surface area contributed by atoms with Gasteiger partial charge < -0.3 is 5.32 Å². The Labute approximate surface area is 107 Å². The fraction of sp³-hybridized carbons (Fsp3) is 1.00. The fourth-order valence-corrected chi connectivity index (χ4v) is 3.17. The summed E-state index contributed by atoms with van der Waals surface area (Å²) in [5, 5.41) is 3.28. The van der Waals surface area contributed by atoms with Crippen LogP contribution in [0.1, 0.15) is 52.9 Å². The van der Waals surface area contributed by atoms with Gasteiger partial charge >= 0.3 is 0 Å². The van der Waals surface area contributed by atoms with Crippen LogP contribution in [0.25, 0.3) is 0 Å². The molecule has 0 aliphatic rings. The highest BCUT2D eigenvalue weighted by Crippen LogP contribution is 2.10. The van der Waals surface area contributed by atoms with Crippen molar-refractivity contribution in [2.45, 2.75) is 52.9 Å². The Kier molecular flexibility index (Phi) is 9.84. The molecule has 104 valence electrons. The Balaban J connectivity index is 3.67. The van der Waals surface area contributed by atoms with Gasteiger partial charge in [-0.2, -0.15) is 0 Å². The van der Waals surface area contributed by atoms with Crippen molar-refractivity contribution in [3.63, 3.8) is 0 Å². The predicted molar refractivity (Wildman–Crippen MR) is 75.1 cm³/mol. The summed E-state index contributed by atoms with van der Waals surface area (Å²) < 4.78 is 23.0. The van der Waals surface area contributed by atoms with Crippen molar-refractivity contribution in [1.82, 2.24) is 5.32 Å². The van der Waals surface area contributed by atoms with E-state index in [0.29, 0.717) is 18.2 Å². The molecule has 0 rings (SSSR count). The minimum Gasteiger partial charge on any atom is -0.315 e. The zero-order chi connectivity index (χ0) is 13.1. The molecule has 0 amide bonds. The number of rotatable bonds is 11. The van der Waals surface area contributed by atoms with Gasteiger partial charge in [-0.05, 0) is 25.3 Å². The number of hydrogen-bond acceptors (Lipinski definition) is 3. The highest BCUT2D eigenvalue weighted by atomic mass is 32.2. The second-order valence-electron chi connectivity index (χ2n) is 4.77. The van der Waals surface area contributed by atoms with Crippen LogP contribution >= 0.6 is 0 Å². The maximum absolute atomic E-state index is 11.5. The highest BCUT2D eigenvalue weighted by Gasteiger charge is 2.09. The Morgan fingerprint density at radius 1 is 1.06 bits per heavy atom. The zero-order valence-corrected chi connectivity index (χ0v) is 12.5. The molecule has 0 aromatic carbocycles. The molecule has 1 atom stereocenters. The van der Waals surface area contributed by atoms with Gasteiger partial charge in [0.25, 0.3) is 0 Å². The third kappa shape index (κ3) is 9.60. The molecular formula is C13H29NO2S. The normalized spacial score (nSPS) is 13.8. The van der Waals surface area contributed by atoms with E-state index in [0.717, 1.165) is 13.0 Å². The zero-order valence-electron chi connectivity index (χ0n) is 11.7. The molecule has 0 aromatic rings. The molecule has 0 aromatic heterocycles. The minimum absolute atomic E-state index is 0.283. The molecule has 4 heteroatoms. The molecule has 3 nitrogen and oxygen atoms in total. The molecule has 1 N–H and O–H groups in total. The van der Waals surface area contributed by atoms with E-state index >= 15 is 0 Å². The lowest BCUT2D eigenvalue weighted by Crippen LogP contribution is -2.28. The van der Waals surface area contributed by atoms with E-state index in [1.165, 1.54) is 25.7 Å². The molecule has 0 heterocycles. The molecule has 0 radical (unpaired) electrons. The summed E-state index contributed by atoms with van der Waals surface area (Å²) in [6, 6.07) is 0. The highest BCUT2D eigenvalue weighted by molar-refractivity contribution is 7.91. The Hall–Kier alpha value is -0.0900. The summed E-state index contributed by atoms with van der Waals surface area (Å²) in [5.74, 6) is 1.30. The van der Waals surface area contributed by atoms with E-state index in [1.807, 2.05) is 6.92 Å². The van der Waals surface area contributed by atoms with Crippen LogP contribution in [0.5, 0.6) is 0 Å². The Morgan fingerprint density at radius 3 is 2.29 bits per heavy atom. The number of hydrogen-bond donors (Lipinski definition) is 1. The van der Waals surface area contributed by atoms with Crippen LogP contribution in [0.3, 0.4) is 0 Å². The van der Waals surface area contributed by atoms with Crippen molar-refractivity contribution in [1.29, 1.82) is 0 Å². The molecule has 0 aliphatic heterocycles. The molecule has 0 saturated heterocycles. The first-order valence-corrected chi connectivity index (χ1v) is 8.79. The van der Waals surface area contributed by atoms with E-state index in [4.69, 9.17) is 0 Å². The quantitative estimate of drug-likeness (QED) is 0.583. The third-order valence-corrected chi connectivity index (χ3v) is 4.94. The van der Waals surface area contributed by atoms with Crippen LogP contribution in [-0.4, -0.2) is 33.0 Å². The average Bonchev–Trinajstić information content (AvgIpc) is 2.28. The maximum atomic E-state index is 11.5.